The fourth-order valence-corrected chi connectivity index (χ4v) is 4.78. The maximum atomic E-state index is 6.01. The molecule has 1 saturated heterocycles. The molecule has 1 heterocycles. The molecule has 0 spiro atoms. The molecule has 0 atom stereocenters. The second-order valence-corrected chi connectivity index (χ2v) is 9.01. The van der Waals surface area contributed by atoms with Crippen molar-refractivity contribution in [2.45, 2.75) is 9.79 Å². The van der Waals surface area contributed by atoms with Gasteiger partial charge >= 0.3 is 0 Å². The summed E-state index contributed by atoms with van der Waals surface area (Å²) in [6.07, 6.45) is 4.52. The molecule has 3 aromatic rings. The Morgan fingerprint density at radius 1 is 0.903 bits per heavy atom. The zero-order valence-corrected chi connectivity index (χ0v) is 19.3. The summed E-state index contributed by atoms with van der Waals surface area (Å²) in [5.74, 6) is 0.950. The zero-order chi connectivity index (χ0) is 21.5. The summed E-state index contributed by atoms with van der Waals surface area (Å²) in [6, 6.07) is 24.8. The van der Waals surface area contributed by atoms with Gasteiger partial charge in [-0.3, -0.25) is 4.90 Å². The molecule has 3 nitrogen and oxygen atoms in total. The van der Waals surface area contributed by atoms with Crippen molar-refractivity contribution in [3.63, 3.8) is 0 Å². The molecule has 3 aromatic carbocycles. The Balaban J connectivity index is 1.33. The molecule has 4 rings (SSSR count). The summed E-state index contributed by atoms with van der Waals surface area (Å²) in [6.45, 7) is 5.07. The van der Waals surface area contributed by atoms with Crippen LogP contribution in [0.5, 0.6) is 5.75 Å². The van der Waals surface area contributed by atoms with Crippen molar-refractivity contribution >= 4 is 35.1 Å². The lowest BCUT2D eigenvalue weighted by molar-refractivity contribution is 0.283. The van der Waals surface area contributed by atoms with Crippen LogP contribution in [0.2, 0.25) is 5.02 Å². The van der Waals surface area contributed by atoms with Gasteiger partial charge in [0.05, 0.1) is 12.8 Å². The van der Waals surface area contributed by atoms with Gasteiger partial charge in [0.1, 0.15) is 5.75 Å². The van der Waals surface area contributed by atoms with Crippen LogP contribution >= 0.6 is 23.4 Å². The molecule has 0 aromatic heterocycles. The molecular weight excluding hydrogens is 424 g/mol. The van der Waals surface area contributed by atoms with E-state index >= 15 is 0 Å². The van der Waals surface area contributed by atoms with Gasteiger partial charge in [0.25, 0.3) is 0 Å². The van der Waals surface area contributed by atoms with Gasteiger partial charge in [-0.2, -0.15) is 0 Å². The van der Waals surface area contributed by atoms with E-state index in [-0.39, 0.29) is 0 Å². The highest BCUT2D eigenvalue weighted by molar-refractivity contribution is 7.99. The number of halogens is 1. The lowest BCUT2D eigenvalue weighted by atomic mass is 10.2. The van der Waals surface area contributed by atoms with Crippen LogP contribution in [0.4, 0.5) is 5.69 Å². The first-order valence-electron chi connectivity index (χ1n) is 10.5. The van der Waals surface area contributed by atoms with Gasteiger partial charge in [0.15, 0.2) is 0 Å². The number of piperazine rings is 1. The maximum absolute atomic E-state index is 6.01. The first-order valence-corrected chi connectivity index (χ1v) is 11.7. The molecule has 1 aliphatic heterocycles. The van der Waals surface area contributed by atoms with Crippen molar-refractivity contribution in [2.75, 3.05) is 44.7 Å². The highest BCUT2D eigenvalue weighted by Crippen LogP contribution is 2.32. The summed E-state index contributed by atoms with van der Waals surface area (Å²) < 4.78 is 5.52. The predicted octanol–water partition coefficient (Wildman–Crippen LogP) is 6.34. The average molecular weight is 451 g/mol. The SMILES string of the molecule is COc1ccccc1N1CCN(CC=Cc2ccccc2Sc2ccc(Cl)cc2)CC1. The van der Waals surface area contributed by atoms with Gasteiger partial charge < -0.3 is 9.64 Å². The number of anilines is 1. The fourth-order valence-electron chi connectivity index (χ4n) is 3.73. The summed E-state index contributed by atoms with van der Waals surface area (Å²) in [4.78, 5) is 7.36. The fraction of sp³-hybridized carbons (Fsp3) is 0.231. The normalized spacial score (nSPS) is 14.8. The van der Waals surface area contributed by atoms with Crippen LogP contribution < -0.4 is 9.64 Å². The van der Waals surface area contributed by atoms with Crippen molar-refractivity contribution in [1.82, 2.24) is 4.90 Å². The van der Waals surface area contributed by atoms with Crippen LogP contribution in [0.25, 0.3) is 6.08 Å². The first-order chi connectivity index (χ1) is 15.2. The van der Waals surface area contributed by atoms with Crippen LogP contribution in [-0.2, 0) is 0 Å². The van der Waals surface area contributed by atoms with E-state index in [4.69, 9.17) is 16.3 Å². The predicted molar refractivity (Wildman–Crippen MR) is 133 cm³/mol. The molecule has 0 amide bonds. The standard InChI is InChI=1S/C26H27ClN2OS/c1-30-25-10-4-3-9-24(25)29-19-17-28(18-20-29)16-6-8-21-7-2-5-11-26(21)31-23-14-12-22(27)13-15-23/h2-15H,16-20H2,1H3. The minimum absolute atomic E-state index is 0.767. The van der Waals surface area contributed by atoms with Crippen molar-refractivity contribution in [3.05, 3.63) is 89.5 Å². The quantitative estimate of drug-likeness (QED) is 0.417. The van der Waals surface area contributed by atoms with E-state index in [0.29, 0.717) is 0 Å². The second kappa shape index (κ2) is 10.8. The number of hydrogen-bond donors (Lipinski definition) is 0. The van der Waals surface area contributed by atoms with E-state index in [1.54, 1.807) is 18.9 Å². The second-order valence-electron chi connectivity index (χ2n) is 7.46. The van der Waals surface area contributed by atoms with Crippen molar-refractivity contribution < 1.29 is 4.74 Å². The van der Waals surface area contributed by atoms with Crippen LogP contribution in [0.3, 0.4) is 0 Å². The Bertz CT molecular complexity index is 1010. The Labute approximate surface area is 194 Å². The third-order valence-corrected chi connectivity index (χ3v) is 6.77. The van der Waals surface area contributed by atoms with Gasteiger partial charge in [-0.1, -0.05) is 65.8 Å². The highest BCUT2D eigenvalue weighted by Gasteiger charge is 2.18. The zero-order valence-electron chi connectivity index (χ0n) is 17.7. The Morgan fingerprint density at radius 3 is 2.39 bits per heavy atom. The highest BCUT2D eigenvalue weighted by atomic mass is 35.5. The molecule has 0 bridgehead atoms. The molecule has 0 saturated carbocycles. The molecular formula is C26H27ClN2OS. The number of hydrogen-bond acceptors (Lipinski definition) is 4. The molecule has 1 aliphatic rings. The monoisotopic (exact) mass is 450 g/mol. The number of rotatable bonds is 7. The number of benzene rings is 3. The van der Waals surface area contributed by atoms with Crippen LogP contribution in [0.1, 0.15) is 5.56 Å². The summed E-state index contributed by atoms with van der Waals surface area (Å²) >= 11 is 7.78. The number of ether oxygens (including phenoxy) is 1. The summed E-state index contributed by atoms with van der Waals surface area (Å²) in [5.41, 5.74) is 2.43. The van der Waals surface area contributed by atoms with E-state index in [0.717, 1.165) is 43.5 Å². The molecule has 31 heavy (non-hydrogen) atoms. The van der Waals surface area contributed by atoms with Gasteiger partial charge in [0.2, 0.25) is 0 Å². The van der Waals surface area contributed by atoms with Crippen LogP contribution in [-0.4, -0.2) is 44.7 Å². The number of nitrogens with zero attached hydrogens (tertiary/aromatic N) is 2. The van der Waals surface area contributed by atoms with Gasteiger partial charge in [0, 0.05) is 47.5 Å². The smallest absolute Gasteiger partial charge is 0.142 e. The van der Waals surface area contributed by atoms with E-state index in [1.165, 1.54) is 21.0 Å². The molecule has 0 radical (unpaired) electrons. The third kappa shape index (κ3) is 5.85. The average Bonchev–Trinajstić information content (AvgIpc) is 2.82. The van der Waals surface area contributed by atoms with Crippen LogP contribution in [0.15, 0.2) is 88.7 Å². The summed E-state index contributed by atoms with van der Waals surface area (Å²) in [7, 11) is 1.74. The number of methoxy groups -OCH3 is 1. The minimum atomic E-state index is 0.767. The van der Waals surface area contributed by atoms with E-state index in [2.05, 4.69) is 70.5 Å². The van der Waals surface area contributed by atoms with E-state index in [1.807, 2.05) is 24.3 Å². The van der Waals surface area contributed by atoms with Gasteiger partial charge in [-0.05, 0) is 48.0 Å². The molecule has 0 unspecified atom stereocenters. The Morgan fingerprint density at radius 2 is 1.61 bits per heavy atom. The lowest BCUT2D eigenvalue weighted by Crippen LogP contribution is -2.46. The minimum Gasteiger partial charge on any atom is -0.495 e. The Hall–Kier alpha value is -2.40. The maximum Gasteiger partial charge on any atom is 0.142 e. The van der Waals surface area contributed by atoms with Crippen molar-refractivity contribution in [2.24, 2.45) is 0 Å². The van der Waals surface area contributed by atoms with Crippen LogP contribution in [0, 0.1) is 0 Å². The third-order valence-electron chi connectivity index (χ3n) is 5.42. The molecule has 1 fully saturated rings. The van der Waals surface area contributed by atoms with E-state index in [9.17, 15) is 0 Å². The topological polar surface area (TPSA) is 15.7 Å². The van der Waals surface area contributed by atoms with Crippen molar-refractivity contribution in [3.8, 4) is 5.75 Å². The molecule has 160 valence electrons. The van der Waals surface area contributed by atoms with Gasteiger partial charge in [-0.15, -0.1) is 0 Å². The number of para-hydroxylation sites is 2. The lowest BCUT2D eigenvalue weighted by Gasteiger charge is -2.36. The van der Waals surface area contributed by atoms with Crippen molar-refractivity contribution in [1.29, 1.82) is 0 Å². The molecule has 0 aliphatic carbocycles. The first kappa shape index (κ1) is 21.8. The molecule has 0 N–H and O–H groups in total. The molecule has 5 heteroatoms. The van der Waals surface area contributed by atoms with E-state index < -0.39 is 0 Å². The largest absolute Gasteiger partial charge is 0.495 e. The van der Waals surface area contributed by atoms with Gasteiger partial charge in [-0.25, -0.2) is 0 Å². The summed E-state index contributed by atoms with van der Waals surface area (Å²) in [5, 5.41) is 0.767. The Kier molecular flexibility index (Phi) is 7.57.